The second-order valence-electron chi connectivity index (χ2n) is 13.3. The van der Waals surface area contributed by atoms with Crippen LogP contribution in [0, 0.1) is 24.7 Å². The van der Waals surface area contributed by atoms with Crippen LogP contribution in [-0.4, -0.2) is 77.5 Å². The molecule has 2 bridgehead atoms. The molecule has 1 aromatic heterocycles. The second kappa shape index (κ2) is 13.7. The van der Waals surface area contributed by atoms with Gasteiger partial charge in [-0.1, -0.05) is 44.2 Å². The predicted molar refractivity (Wildman–Crippen MR) is 166 cm³/mol. The van der Waals surface area contributed by atoms with Gasteiger partial charge in [0.25, 0.3) is 0 Å². The summed E-state index contributed by atoms with van der Waals surface area (Å²) in [6, 6.07) is 0. The van der Waals surface area contributed by atoms with E-state index in [1.54, 1.807) is 20.3 Å². The van der Waals surface area contributed by atoms with Gasteiger partial charge < -0.3 is 33.2 Å². The number of fused-ring (bicyclic) bond motifs is 4. The molecule has 5 heterocycles. The van der Waals surface area contributed by atoms with Gasteiger partial charge in [0.1, 0.15) is 35.9 Å². The Morgan fingerprint density at radius 1 is 1.16 bits per heavy atom. The van der Waals surface area contributed by atoms with E-state index in [4.69, 9.17) is 28.1 Å². The van der Waals surface area contributed by atoms with Gasteiger partial charge in [-0.2, -0.15) is 0 Å². The Labute approximate surface area is 265 Å². The molecular weight excluding hydrogens is 578 g/mol. The Morgan fingerprint density at radius 3 is 2.62 bits per heavy atom. The van der Waals surface area contributed by atoms with Gasteiger partial charge in [0.05, 0.1) is 18.3 Å². The fourth-order valence-corrected chi connectivity index (χ4v) is 6.64. The SMILES string of the molecule is CO[C@@H](C(C)=CC=CC(C)=Cc1coc(C)n1)[C@@H](C)[C@H]1C[C@H](O)[C@@]2(C)O[C@@H]2C=C[C@@H](C)[C@H]2C[C@H](CC(=O)O2)C[C@H]2O[C@H]2C(=O)O1. The van der Waals surface area contributed by atoms with Crippen LogP contribution >= 0.6 is 0 Å². The summed E-state index contributed by atoms with van der Waals surface area (Å²) in [5.74, 6) is -0.316. The first-order valence-electron chi connectivity index (χ1n) is 16.0. The number of esters is 2. The molecule has 0 aromatic carbocycles. The van der Waals surface area contributed by atoms with Crippen LogP contribution in [0.3, 0.4) is 0 Å². The zero-order valence-electron chi connectivity index (χ0n) is 27.3. The van der Waals surface area contributed by atoms with Crippen molar-refractivity contribution in [2.75, 3.05) is 7.11 Å². The molecule has 0 saturated carbocycles. The van der Waals surface area contributed by atoms with Gasteiger partial charge in [0.15, 0.2) is 12.0 Å². The molecule has 246 valence electrons. The maximum Gasteiger partial charge on any atom is 0.338 e. The van der Waals surface area contributed by atoms with E-state index in [-0.39, 0.29) is 48.5 Å². The number of aromatic nitrogens is 1. The molecule has 0 amide bonds. The molecule has 0 radical (unpaired) electrons. The fourth-order valence-electron chi connectivity index (χ4n) is 6.64. The number of epoxide rings is 2. The van der Waals surface area contributed by atoms with Crippen LogP contribution in [0.2, 0.25) is 0 Å². The zero-order chi connectivity index (χ0) is 32.5. The van der Waals surface area contributed by atoms with E-state index in [0.29, 0.717) is 25.2 Å². The Bertz CT molecular complexity index is 1360. The van der Waals surface area contributed by atoms with E-state index in [1.807, 2.05) is 71.1 Å². The summed E-state index contributed by atoms with van der Waals surface area (Å²) < 4.78 is 34.7. The number of aryl methyl sites for hydroxylation is 1. The predicted octanol–water partition coefficient (Wildman–Crippen LogP) is 5.05. The molecule has 1 N–H and O–H groups in total. The Hall–Kier alpha value is -3.05. The average molecular weight is 626 g/mol. The number of allylic oxidation sites excluding steroid dienone is 4. The maximum absolute atomic E-state index is 13.4. The molecule has 10 heteroatoms. The average Bonchev–Trinajstić information content (AvgIpc) is 3.86. The van der Waals surface area contributed by atoms with Crippen LogP contribution < -0.4 is 0 Å². The highest BCUT2D eigenvalue weighted by atomic mass is 16.6. The minimum Gasteiger partial charge on any atom is -0.462 e. The van der Waals surface area contributed by atoms with Gasteiger partial charge in [0, 0.05) is 38.7 Å². The lowest BCUT2D eigenvalue weighted by atomic mass is 9.84. The summed E-state index contributed by atoms with van der Waals surface area (Å²) in [6.07, 6.45) is 11.7. The van der Waals surface area contributed by atoms with E-state index in [9.17, 15) is 14.7 Å². The van der Waals surface area contributed by atoms with Gasteiger partial charge in [-0.05, 0) is 56.8 Å². The largest absolute Gasteiger partial charge is 0.462 e. The molecule has 1 aromatic rings. The molecule has 0 unspecified atom stereocenters. The molecule has 3 fully saturated rings. The third-order valence-electron chi connectivity index (χ3n) is 9.63. The van der Waals surface area contributed by atoms with E-state index < -0.39 is 36.0 Å². The molecule has 5 rings (SSSR count). The monoisotopic (exact) mass is 625 g/mol. The van der Waals surface area contributed by atoms with E-state index in [0.717, 1.165) is 16.8 Å². The highest BCUT2D eigenvalue weighted by molar-refractivity contribution is 5.78. The lowest BCUT2D eigenvalue weighted by Crippen LogP contribution is -2.42. The summed E-state index contributed by atoms with van der Waals surface area (Å²) in [5.41, 5.74) is 1.86. The summed E-state index contributed by atoms with van der Waals surface area (Å²) in [7, 11) is 1.63. The molecule has 0 aliphatic carbocycles. The number of aliphatic hydroxyl groups is 1. The van der Waals surface area contributed by atoms with E-state index in [1.165, 1.54) is 0 Å². The summed E-state index contributed by atoms with van der Waals surface area (Å²) in [4.78, 5) is 30.1. The first kappa shape index (κ1) is 33.3. The number of cyclic esters (lactones) is 1. The second-order valence-corrected chi connectivity index (χ2v) is 13.3. The quantitative estimate of drug-likeness (QED) is 0.190. The summed E-state index contributed by atoms with van der Waals surface area (Å²) in [5, 5.41) is 11.4. The first-order valence-corrected chi connectivity index (χ1v) is 16.0. The Balaban J connectivity index is 1.33. The number of oxazole rings is 1. The number of hydrogen-bond donors (Lipinski definition) is 1. The van der Waals surface area contributed by atoms with Crippen LogP contribution in [0.5, 0.6) is 0 Å². The van der Waals surface area contributed by atoms with Crippen LogP contribution in [0.1, 0.15) is 71.9 Å². The number of ether oxygens (including phenoxy) is 5. The highest BCUT2D eigenvalue weighted by Gasteiger charge is 2.57. The molecule has 11 atom stereocenters. The van der Waals surface area contributed by atoms with Crippen LogP contribution in [0.15, 0.2) is 52.2 Å². The maximum atomic E-state index is 13.4. The third-order valence-corrected chi connectivity index (χ3v) is 9.63. The van der Waals surface area contributed by atoms with Crippen LogP contribution in [-0.2, 0) is 33.3 Å². The number of rotatable bonds is 7. The summed E-state index contributed by atoms with van der Waals surface area (Å²) >= 11 is 0. The smallest absolute Gasteiger partial charge is 0.338 e. The summed E-state index contributed by atoms with van der Waals surface area (Å²) in [6.45, 7) is 11.6. The van der Waals surface area contributed by atoms with E-state index in [2.05, 4.69) is 4.98 Å². The fraction of sp³-hybridized carbons (Fsp3) is 0.629. The normalized spacial score (nSPS) is 37.3. The van der Waals surface area contributed by atoms with Crippen molar-refractivity contribution in [1.82, 2.24) is 4.98 Å². The number of hydrogen-bond acceptors (Lipinski definition) is 10. The van der Waals surface area contributed by atoms with Gasteiger partial charge >= 0.3 is 11.9 Å². The van der Waals surface area contributed by atoms with Crippen molar-refractivity contribution in [3.63, 3.8) is 0 Å². The van der Waals surface area contributed by atoms with Crippen LogP contribution in [0.4, 0.5) is 0 Å². The molecule has 0 spiro atoms. The minimum absolute atomic E-state index is 0.0130. The van der Waals surface area contributed by atoms with E-state index >= 15 is 0 Å². The molecule has 10 nitrogen and oxygen atoms in total. The van der Waals surface area contributed by atoms with Gasteiger partial charge in [0.2, 0.25) is 0 Å². The topological polar surface area (TPSA) is 133 Å². The van der Waals surface area contributed by atoms with Crippen molar-refractivity contribution < 1.29 is 42.8 Å². The number of nitrogens with zero attached hydrogens (tertiary/aromatic N) is 1. The van der Waals surface area contributed by atoms with Crippen molar-refractivity contribution in [3.05, 3.63) is 59.4 Å². The van der Waals surface area contributed by atoms with Gasteiger partial charge in [-0.25, -0.2) is 9.78 Å². The number of methoxy groups -OCH3 is 1. The van der Waals surface area contributed by atoms with Crippen molar-refractivity contribution >= 4 is 18.0 Å². The molecular formula is C35H47NO9. The Morgan fingerprint density at radius 2 is 1.91 bits per heavy atom. The molecule has 4 aliphatic rings. The van der Waals surface area contributed by atoms with Crippen molar-refractivity contribution in [3.8, 4) is 0 Å². The number of carbonyl (C=O) groups excluding carboxylic acids is 2. The molecule has 45 heavy (non-hydrogen) atoms. The highest BCUT2D eigenvalue weighted by Crippen LogP contribution is 2.44. The van der Waals surface area contributed by atoms with Gasteiger partial charge in [-0.15, -0.1) is 0 Å². The Kier molecular flexibility index (Phi) is 10.2. The minimum atomic E-state index is -0.905. The number of carbonyl (C=O) groups is 2. The van der Waals surface area contributed by atoms with Crippen molar-refractivity contribution in [2.24, 2.45) is 17.8 Å². The standard InChI is InChI=1S/C35H47NO9/c1-19(13-25-18-41-23(5)36-25)9-8-10-21(3)32(40-7)22(4)27-17-29(37)35(6)30(45-35)12-11-20(2)26-14-24(16-31(38)42-26)15-28-33(43-28)34(39)44-27/h8-13,18,20,22,24,26-30,32-33,37H,14-17H2,1-7H3/t20-,22+,24+,26-,27-,28-,29+,30-,32+,33-,35-/m1/s1. The third kappa shape index (κ3) is 8.03. The molecule has 4 aliphatic heterocycles. The molecule has 3 saturated heterocycles. The zero-order valence-corrected chi connectivity index (χ0v) is 27.3. The van der Waals surface area contributed by atoms with Crippen molar-refractivity contribution in [2.45, 2.75) is 116 Å². The van der Waals surface area contributed by atoms with Crippen LogP contribution in [0.25, 0.3) is 6.08 Å². The van der Waals surface area contributed by atoms with Crippen molar-refractivity contribution in [1.29, 1.82) is 0 Å². The number of aliphatic hydroxyl groups excluding tert-OH is 1. The lowest BCUT2D eigenvalue weighted by Gasteiger charge is -2.33. The first-order chi connectivity index (χ1) is 21.4. The lowest BCUT2D eigenvalue weighted by molar-refractivity contribution is -0.159. The van der Waals surface area contributed by atoms with Gasteiger partial charge in [-0.3, -0.25) is 4.79 Å².